The van der Waals surface area contributed by atoms with E-state index in [0.29, 0.717) is 75.3 Å². The van der Waals surface area contributed by atoms with Crippen molar-refractivity contribution >= 4 is 11.8 Å². The van der Waals surface area contributed by atoms with Crippen molar-refractivity contribution in [3.63, 3.8) is 0 Å². The van der Waals surface area contributed by atoms with Crippen LogP contribution < -0.4 is 14.8 Å². The molecule has 3 aliphatic rings. The van der Waals surface area contributed by atoms with E-state index in [-0.39, 0.29) is 37.1 Å². The van der Waals surface area contributed by atoms with Crippen molar-refractivity contribution in [3.05, 3.63) is 35.7 Å². The molecule has 1 N–H and O–H groups in total. The van der Waals surface area contributed by atoms with Gasteiger partial charge in [0, 0.05) is 31.7 Å². The van der Waals surface area contributed by atoms with E-state index in [9.17, 15) is 9.59 Å². The molecule has 2 aromatic rings. The van der Waals surface area contributed by atoms with E-state index < -0.39 is 0 Å². The second kappa shape index (κ2) is 10.6. The van der Waals surface area contributed by atoms with Crippen LogP contribution in [0.1, 0.15) is 16.1 Å². The lowest BCUT2D eigenvalue weighted by molar-refractivity contribution is -0.136. The van der Waals surface area contributed by atoms with Gasteiger partial charge in [-0.2, -0.15) is 0 Å². The zero-order chi connectivity index (χ0) is 24.2. The zero-order valence-corrected chi connectivity index (χ0v) is 19.7. The Hall–Kier alpha value is -3.22. The highest BCUT2D eigenvalue weighted by molar-refractivity contribution is 5.95. The molecule has 12 nitrogen and oxygen atoms in total. The fraction of sp³-hybridized carbons (Fsp3) is 0.565. The monoisotopic (exact) mass is 486 g/mol. The fourth-order valence-electron chi connectivity index (χ4n) is 4.53. The lowest BCUT2D eigenvalue weighted by atomic mass is 10.1. The van der Waals surface area contributed by atoms with E-state index in [1.807, 2.05) is 16.0 Å². The second-order valence-corrected chi connectivity index (χ2v) is 8.80. The van der Waals surface area contributed by atoms with Crippen molar-refractivity contribution in [2.75, 3.05) is 59.7 Å². The van der Waals surface area contributed by atoms with Crippen LogP contribution in [0.25, 0.3) is 0 Å². The van der Waals surface area contributed by atoms with Gasteiger partial charge in [-0.3, -0.25) is 14.5 Å². The van der Waals surface area contributed by atoms with Crippen LogP contribution in [0, 0.1) is 0 Å². The van der Waals surface area contributed by atoms with Crippen molar-refractivity contribution in [2.24, 2.45) is 0 Å². The Morgan fingerprint density at radius 2 is 2.06 bits per heavy atom. The lowest BCUT2D eigenvalue weighted by Gasteiger charge is -2.28. The number of carbonyl (C=O) groups is 2. The molecule has 0 saturated carbocycles. The van der Waals surface area contributed by atoms with Crippen LogP contribution in [-0.4, -0.2) is 108 Å². The van der Waals surface area contributed by atoms with Crippen LogP contribution in [0.2, 0.25) is 0 Å². The van der Waals surface area contributed by atoms with E-state index in [2.05, 4.69) is 15.6 Å². The van der Waals surface area contributed by atoms with Crippen molar-refractivity contribution < 1.29 is 28.5 Å². The number of aromatic nitrogens is 3. The van der Waals surface area contributed by atoms with Gasteiger partial charge in [-0.1, -0.05) is 5.21 Å². The van der Waals surface area contributed by atoms with Gasteiger partial charge in [-0.25, -0.2) is 4.68 Å². The zero-order valence-electron chi connectivity index (χ0n) is 19.7. The maximum atomic E-state index is 13.1. The predicted octanol–water partition coefficient (Wildman–Crippen LogP) is -0.463. The molecule has 2 atom stereocenters. The molecule has 1 aromatic heterocycles. The highest BCUT2D eigenvalue weighted by Gasteiger charge is 2.36. The van der Waals surface area contributed by atoms with Crippen molar-refractivity contribution in [3.8, 4) is 11.5 Å². The number of ether oxygens (including phenoxy) is 4. The molecule has 3 aliphatic heterocycles. The number of methoxy groups -OCH3 is 1. The summed E-state index contributed by atoms with van der Waals surface area (Å²) in [6.45, 7) is 4.68. The summed E-state index contributed by atoms with van der Waals surface area (Å²) in [5.41, 5.74) is 1.14. The molecule has 2 saturated heterocycles. The number of nitrogens with zero attached hydrogens (tertiary/aromatic N) is 5. The molecule has 0 radical (unpaired) electrons. The number of benzene rings is 1. The number of morpholine rings is 1. The third kappa shape index (κ3) is 5.55. The van der Waals surface area contributed by atoms with Gasteiger partial charge in [-0.15, -0.1) is 5.10 Å². The Morgan fingerprint density at radius 3 is 2.89 bits per heavy atom. The van der Waals surface area contributed by atoms with Crippen LogP contribution in [-0.2, 0) is 27.4 Å². The minimum atomic E-state index is -0.305. The maximum Gasteiger partial charge on any atom is 0.251 e. The highest BCUT2D eigenvalue weighted by atomic mass is 16.5. The highest BCUT2D eigenvalue weighted by Crippen LogP contribution is 2.28. The number of hydrogen-bond acceptors (Lipinski definition) is 9. The summed E-state index contributed by atoms with van der Waals surface area (Å²) in [5.74, 6) is 0.838. The molecule has 0 unspecified atom stereocenters. The normalized spacial score (nSPS) is 23.5. The maximum absolute atomic E-state index is 13.1. The molecule has 5 rings (SSSR count). The molecule has 0 aliphatic carbocycles. The van der Waals surface area contributed by atoms with Crippen LogP contribution >= 0.6 is 0 Å². The van der Waals surface area contributed by atoms with Crippen LogP contribution in [0.4, 0.5) is 0 Å². The number of carbonyl (C=O) groups excluding carboxylic acids is 2. The Bertz CT molecular complexity index is 1050. The summed E-state index contributed by atoms with van der Waals surface area (Å²) in [4.78, 5) is 29.8. The second-order valence-electron chi connectivity index (χ2n) is 8.80. The van der Waals surface area contributed by atoms with E-state index in [1.165, 1.54) is 0 Å². The van der Waals surface area contributed by atoms with Crippen LogP contribution in [0.3, 0.4) is 0 Å². The van der Waals surface area contributed by atoms with Gasteiger partial charge < -0.3 is 29.2 Å². The van der Waals surface area contributed by atoms with Crippen LogP contribution in [0.15, 0.2) is 24.4 Å². The average Bonchev–Trinajstić information content (AvgIpc) is 3.48. The third-order valence-corrected chi connectivity index (χ3v) is 6.42. The van der Waals surface area contributed by atoms with Crippen molar-refractivity contribution in [2.45, 2.75) is 25.3 Å². The summed E-state index contributed by atoms with van der Waals surface area (Å²) in [6.07, 6.45) is 1.51. The first-order valence-electron chi connectivity index (χ1n) is 11.8. The third-order valence-electron chi connectivity index (χ3n) is 6.42. The summed E-state index contributed by atoms with van der Waals surface area (Å²) < 4.78 is 24.5. The minimum Gasteiger partial charge on any atom is -0.493 e. The number of amides is 2. The fourth-order valence-corrected chi connectivity index (χ4v) is 4.53. The van der Waals surface area contributed by atoms with Gasteiger partial charge in [0.2, 0.25) is 5.91 Å². The van der Waals surface area contributed by atoms with Gasteiger partial charge in [0.1, 0.15) is 12.3 Å². The topological polar surface area (TPSA) is 120 Å². The first-order valence-corrected chi connectivity index (χ1v) is 11.8. The first-order chi connectivity index (χ1) is 17.1. The smallest absolute Gasteiger partial charge is 0.251 e. The predicted molar refractivity (Wildman–Crippen MR) is 122 cm³/mol. The van der Waals surface area contributed by atoms with E-state index in [1.54, 1.807) is 30.0 Å². The quantitative estimate of drug-likeness (QED) is 0.614. The molecule has 12 heteroatoms. The lowest BCUT2D eigenvalue weighted by Crippen LogP contribution is -2.46. The number of fused-ring (bicyclic) bond motifs is 5. The van der Waals surface area contributed by atoms with Gasteiger partial charge in [0.05, 0.1) is 58.4 Å². The standard InChI is InChI=1S/C23H30N6O6/c1-32-19-3-2-16-10-20(19)34-9-6-29-11-17(25-26-29)15-35-21-13-27(12-18(21)24-23(16)31)14-22(30)28-4-7-33-8-5-28/h2-3,10-11,18,21H,4-9,12-15H2,1H3,(H,24,31)/t18-,21-/m0/s1. The molecule has 0 spiro atoms. The van der Waals surface area contributed by atoms with Gasteiger partial charge >= 0.3 is 0 Å². The first kappa shape index (κ1) is 23.5. The number of rotatable bonds is 3. The average molecular weight is 487 g/mol. The Morgan fingerprint density at radius 1 is 1.20 bits per heavy atom. The molecule has 4 heterocycles. The molecule has 2 amide bonds. The molecule has 188 valence electrons. The Kier molecular flexibility index (Phi) is 7.11. The molecule has 35 heavy (non-hydrogen) atoms. The Balaban J connectivity index is 1.34. The molecular formula is C23H30N6O6. The molecular weight excluding hydrogens is 456 g/mol. The molecule has 2 fully saturated rings. The van der Waals surface area contributed by atoms with E-state index >= 15 is 0 Å². The minimum absolute atomic E-state index is 0.0565. The summed E-state index contributed by atoms with van der Waals surface area (Å²) in [7, 11) is 1.56. The van der Waals surface area contributed by atoms with Crippen molar-refractivity contribution in [1.82, 2.24) is 30.1 Å². The van der Waals surface area contributed by atoms with Gasteiger partial charge in [0.15, 0.2) is 11.5 Å². The number of hydrogen-bond donors (Lipinski definition) is 1. The largest absolute Gasteiger partial charge is 0.493 e. The molecule has 4 bridgehead atoms. The van der Waals surface area contributed by atoms with E-state index in [0.717, 1.165) is 0 Å². The number of likely N-dealkylation sites (tertiary alicyclic amines) is 1. The molecule has 1 aromatic carbocycles. The van der Waals surface area contributed by atoms with Crippen molar-refractivity contribution in [1.29, 1.82) is 0 Å². The van der Waals surface area contributed by atoms with E-state index in [4.69, 9.17) is 18.9 Å². The Labute approximate surface area is 203 Å². The number of nitrogens with one attached hydrogen (secondary N) is 1. The SMILES string of the molecule is COc1ccc2cc1OCCn1cc(nn1)CO[C@H]1CN(CC(=O)N3CCOCC3)C[C@@H]1NC2=O. The summed E-state index contributed by atoms with van der Waals surface area (Å²) in [6, 6.07) is 4.79. The van der Waals surface area contributed by atoms with Crippen LogP contribution in [0.5, 0.6) is 11.5 Å². The van der Waals surface area contributed by atoms with Gasteiger partial charge in [0.25, 0.3) is 5.91 Å². The summed E-state index contributed by atoms with van der Waals surface area (Å²) >= 11 is 0. The van der Waals surface area contributed by atoms with Gasteiger partial charge in [-0.05, 0) is 18.2 Å². The summed E-state index contributed by atoms with van der Waals surface area (Å²) in [5, 5.41) is 11.4.